The first-order valence-corrected chi connectivity index (χ1v) is 5.31. The van der Waals surface area contributed by atoms with Crippen LogP contribution in [-0.4, -0.2) is 18.7 Å². The topological polar surface area (TPSA) is 43.4 Å². The van der Waals surface area contributed by atoms with E-state index in [2.05, 4.69) is 0 Å². The van der Waals surface area contributed by atoms with Crippen LogP contribution in [0.1, 0.15) is 18.9 Å². The van der Waals surface area contributed by atoms with Gasteiger partial charge in [-0.1, -0.05) is 30.3 Å². The second kappa shape index (κ2) is 6.90. The van der Waals surface area contributed by atoms with Crippen molar-refractivity contribution in [2.75, 3.05) is 6.61 Å². The van der Waals surface area contributed by atoms with Crippen molar-refractivity contribution >= 4 is 12.1 Å². The molecule has 0 heterocycles. The third kappa shape index (κ3) is 4.36. The lowest BCUT2D eigenvalue weighted by molar-refractivity contribution is -0.126. The molecule has 0 saturated heterocycles. The number of rotatable bonds is 7. The highest BCUT2D eigenvalue weighted by Crippen LogP contribution is 2.04. The van der Waals surface area contributed by atoms with Gasteiger partial charge in [0, 0.05) is 6.61 Å². The summed E-state index contributed by atoms with van der Waals surface area (Å²) in [5, 5.41) is 0. The number of benzene rings is 1. The van der Waals surface area contributed by atoms with E-state index < -0.39 is 5.92 Å². The molecule has 0 saturated carbocycles. The van der Waals surface area contributed by atoms with Gasteiger partial charge in [-0.25, -0.2) is 0 Å². The summed E-state index contributed by atoms with van der Waals surface area (Å²) in [6, 6.07) is 9.79. The van der Waals surface area contributed by atoms with Crippen LogP contribution in [0, 0.1) is 5.92 Å². The molecular weight excluding hydrogens is 204 g/mol. The van der Waals surface area contributed by atoms with Gasteiger partial charge in [-0.2, -0.15) is 0 Å². The maximum absolute atomic E-state index is 11.0. The van der Waals surface area contributed by atoms with Gasteiger partial charge in [0.05, 0.1) is 12.5 Å². The number of carbonyl (C=O) groups is 2. The maximum Gasteiger partial charge on any atom is 0.140 e. The van der Waals surface area contributed by atoms with Crippen molar-refractivity contribution in [1.82, 2.24) is 0 Å². The van der Waals surface area contributed by atoms with E-state index in [0.29, 0.717) is 25.9 Å². The van der Waals surface area contributed by atoms with Crippen LogP contribution in [0.25, 0.3) is 0 Å². The van der Waals surface area contributed by atoms with Crippen LogP contribution < -0.4 is 0 Å². The third-order valence-electron chi connectivity index (χ3n) is 2.37. The molecule has 0 fully saturated rings. The number of hydrogen-bond donors (Lipinski definition) is 0. The van der Waals surface area contributed by atoms with Gasteiger partial charge in [-0.3, -0.25) is 4.79 Å². The molecule has 0 aliphatic rings. The predicted molar refractivity (Wildman–Crippen MR) is 61.0 cm³/mol. The average molecular weight is 220 g/mol. The van der Waals surface area contributed by atoms with E-state index in [9.17, 15) is 9.59 Å². The van der Waals surface area contributed by atoms with Crippen molar-refractivity contribution in [3.8, 4) is 0 Å². The van der Waals surface area contributed by atoms with Gasteiger partial charge in [0.1, 0.15) is 12.1 Å². The molecule has 3 heteroatoms. The standard InChI is InChI=1S/C13H16O3/c1-11(15)13(9-14)7-8-16-10-12-5-3-2-4-6-12/h2-6,9,13H,7-8,10H2,1H3. The molecule has 86 valence electrons. The Morgan fingerprint density at radius 2 is 2.06 bits per heavy atom. The van der Waals surface area contributed by atoms with Crippen LogP contribution in [0.4, 0.5) is 0 Å². The van der Waals surface area contributed by atoms with Gasteiger partial charge in [-0.05, 0) is 18.9 Å². The van der Waals surface area contributed by atoms with Crippen molar-refractivity contribution in [3.05, 3.63) is 35.9 Å². The van der Waals surface area contributed by atoms with Crippen LogP contribution in [0.3, 0.4) is 0 Å². The zero-order chi connectivity index (χ0) is 11.8. The Balaban J connectivity index is 2.21. The minimum atomic E-state index is -0.518. The fraction of sp³-hybridized carbons (Fsp3) is 0.385. The number of carbonyl (C=O) groups excluding carboxylic acids is 2. The highest BCUT2D eigenvalue weighted by atomic mass is 16.5. The molecule has 0 aromatic heterocycles. The quantitative estimate of drug-likeness (QED) is 0.401. The van der Waals surface area contributed by atoms with E-state index in [1.54, 1.807) is 0 Å². The van der Waals surface area contributed by atoms with Crippen molar-refractivity contribution in [3.63, 3.8) is 0 Å². The molecule has 1 aromatic rings. The first-order chi connectivity index (χ1) is 7.74. The summed E-state index contributed by atoms with van der Waals surface area (Å²) in [7, 11) is 0. The SMILES string of the molecule is CC(=O)C(C=O)CCOCc1ccccc1. The zero-order valence-corrected chi connectivity index (χ0v) is 9.39. The number of ether oxygens (including phenoxy) is 1. The first-order valence-electron chi connectivity index (χ1n) is 5.31. The fourth-order valence-corrected chi connectivity index (χ4v) is 1.34. The fourth-order valence-electron chi connectivity index (χ4n) is 1.34. The monoisotopic (exact) mass is 220 g/mol. The summed E-state index contributed by atoms with van der Waals surface area (Å²) < 4.78 is 5.39. The summed E-state index contributed by atoms with van der Waals surface area (Å²) in [4.78, 5) is 21.5. The molecular formula is C13H16O3. The minimum absolute atomic E-state index is 0.0988. The minimum Gasteiger partial charge on any atom is -0.377 e. The van der Waals surface area contributed by atoms with Crippen LogP contribution in [-0.2, 0) is 20.9 Å². The third-order valence-corrected chi connectivity index (χ3v) is 2.37. The van der Waals surface area contributed by atoms with Crippen LogP contribution in [0.2, 0.25) is 0 Å². The second-order valence-corrected chi connectivity index (χ2v) is 3.68. The van der Waals surface area contributed by atoms with Crippen molar-refractivity contribution in [1.29, 1.82) is 0 Å². The van der Waals surface area contributed by atoms with E-state index in [0.717, 1.165) is 5.56 Å². The molecule has 0 aliphatic heterocycles. The number of Topliss-reactive ketones (excluding diaryl/α,β-unsaturated/α-hetero) is 1. The van der Waals surface area contributed by atoms with E-state index in [1.807, 2.05) is 30.3 Å². The van der Waals surface area contributed by atoms with Gasteiger partial charge in [0.2, 0.25) is 0 Å². The smallest absolute Gasteiger partial charge is 0.140 e. The number of aldehydes is 1. The normalized spacial score (nSPS) is 12.1. The van der Waals surface area contributed by atoms with Gasteiger partial charge in [0.25, 0.3) is 0 Å². The van der Waals surface area contributed by atoms with Crippen molar-refractivity contribution in [2.45, 2.75) is 20.0 Å². The molecule has 3 nitrogen and oxygen atoms in total. The molecule has 1 unspecified atom stereocenters. The maximum atomic E-state index is 11.0. The molecule has 0 radical (unpaired) electrons. The lowest BCUT2D eigenvalue weighted by atomic mass is 10.0. The summed E-state index contributed by atoms with van der Waals surface area (Å²) in [5.41, 5.74) is 1.09. The molecule has 0 bridgehead atoms. The van der Waals surface area contributed by atoms with Gasteiger partial charge in [-0.15, -0.1) is 0 Å². The molecule has 0 N–H and O–H groups in total. The number of ketones is 1. The average Bonchev–Trinajstić information content (AvgIpc) is 2.30. The highest BCUT2D eigenvalue weighted by Gasteiger charge is 2.11. The number of hydrogen-bond acceptors (Lipinski definition) is 3. The lowest BCUT2D eigenvalue weighted by Gasteiger charge is -2.07. The van der Waals surface area contributed by atoms with Crippen molar-refractivity contribution < 1.29 is 14.3 Å². The summed E-state index contributed by atoms with van der Waals surface area (Å²) in [6.07, 6.45) is 1.15. The second-order valence-electron chi connectivity index (χ2n) is 3.68. The first kappa shape index (κ1) is 12.6. The summed E-state index contributed by atoms with van der Waals surface area (Å²) in [5.74, 6) is -0.617. The molecule has 0 aliphatic carbocycles. The molecule has 1 aromatic carbocycles. The molecule has 16 heavy (non-hydrogen) atoms. The Morgan fingerprint density at radius 1 is 1.38 bits per heavy atom. The lowest BCUT2D eigenvalue weighted by Crippen LogP contribution is -2.14. The Kier molecular flexibility index (Phi) is 5.43. The summed E-state index contributed by atoms with van der Waals surface area (Å²) in [6.45, 7) is 2.37. The van der Waals surface area contributed by atoms with Gasteiger partial charge in [0.15, 0.2) is 0 Å². The van der Waals surface area contributed by atoms with E-state index in [1.165, 1.54) is 6.92 Å². The molecule has 0 spiro atoms. The Morgan fingerprint density at radius 3 is 2.62 bits per heavy atom. The largest absolute Gasteiger partial charge is 0.377 e. The Labute approximate surface area is 95.4 Å². The van der Waals surface area contributed by atoms with E-state index >= 15 is 0 Å². The van der Waals surface area contributed by atoms with Crippen LogP contribution in [0.15, 0.2) is 30.3 Å². The highest BCUT2D eigenvalue weighted by molar-refractivity contribution is 5.91. The predicted octanol–water partition coefficient (Wildman–Crippen LogP) is 2.00. The van der Waals surface area contributed by atoms with Crippen LogP contribution in [0.5, 0.6) is 0 Å². The molecule has 1 atom stereocenters. The zero-order valence-electron chi connectivity index (χ0n) is 9.39. The summed E-state index contributed by atoms with van der Waals surface area (Å²) >= 11 is 0. The van der Waals surface area contributed by atoms with E-state index in [-0.39, 0.29) is 5.78 Å². The Bertz CT molecular complexity index is 332. The molecule has 0 amide bonds. The van der Waals surface area contributed by atoms with Crippen LogP contribution >= 0.6 is 0 Å². The molecule has 1 rings (SSSR count). The Hall–Kier alpha value is -1.48. The van der Waals surface area contributed by atoms with Gasteiger partial charge < -0.3 is 9.53 Å². The van der Waals surface area contributed by atoms with Gasteiger partial charge >= 0.3 is 0 Å². The van der Waals surface area contributed by atoms with E-state index in [4.69, 9.17) is 4.74 Å². The van der Waals surface area contributed by atoms with Crippen molar-refractivity contribution in [2.24, 2.45) is 5.92 Å².